The van der Waals surface area contributed by atoms with E-state index in [4.69, 9.17) is 13.9 Å². The van der Waals surface area contributed by atoms with Gasteiger partial charge in [-0.1, -0.05) is 42.5 Å². The summed E-state index contributed by atoms with van der Waals surface area (Å²) in [6, 6.07) is 25.0. The average molecular weight is 522 g/mol. The van der Waals surface area contributed by atoms with E-state index < -0.39 is 17.7 Å². The molecule has 2 aliphatic heterocycles. The number of ether oxygens (including phenoxy) is 2. The van der Waals surface area contributed by atoms with E-state index in [1.165, 1.54) is 11.2 Å². The molecule has 0 aliphatic carbocycles. The molecule has 0 radical (unpaired) electrons. The fourth-order valence-corrected chi connectivity index (χ4v) is 5.20. The van der Waals surface area contributed by atoms with E-state index in [-0.39, 0.29) is 24.0 Å². The van der Waals surface area contributed by atoms with Gasteiger partial charge in [0.25, 0.3) is 11.7 Å². The summed E-state index contributed by atoms with van der Waals surface area (Å²) in [4.78, 5) is 28.2. The molecular formula is C32H27NO6. The van der Waals surface area contributed by atoms with E-state index in [2.05, 4.69) is 0 Å². The fourth-order valence-electron chi connectivity index (χ4n) is 5.20. The second-order valence-electron chi connectivity index (χ2n) is 9.81. The third kappa shape index (κ3) is 4.79. The molecule has 3 aromatic carbocycles. The standard InChI is InChI=1S/C32H27NO6/c1-20-15-24-16-23(12-13-27(24)39-20)30(34)28-29(33(32(36)31(28)35)18-26-11-6-14-37-26)22-9-5-10-25(17-22)38-19-21-7-3-2-4-8-21/h2-14,16-17,20,29,34H,15,18-19H2,1H3/t20-,29+/m0/s1. The lowest BCUT2D eigenvalue weighted by molar-refractivity contribution is -0.140. The first-order chi connectivity index (χ1) is 19.0. The molecule has 1 N–H and O–H groups in total. The van der Waals surface area contributed by atoms with Gasteiger partial charge >= 0.3 is 0 Å². The summed E-state index contributed by atoms with van der Waals surface area (Å²) in [5.41, 5.74) is 3.10. The molecule has 196 valence electrons. The maximum Gasteiger partial charge on any atom is 0.296 e. The Balaban J connectivity index is 1.40. The molecule has 6 rings (SSSR count). The van der Waals surface area contributed by atoms with Crippen LogP contribution in [-0.4, -0.2) is 27.8 Å². The number of nitrogens with zero attached hydrogens (tertiary/aromatic N) is 1. The number of carbonyl (C=O) groups excluding carboxylic acids is 2. The minimum absolute atomic E-state index is 0.0266. The number of aliphatic hydroxyl groups excluding tert-OH is 1. The molecule has 1 aromatic heterocycles. The monoisotopic (exact) mass is 521 g/mol. The van der Waals surface area contributed by atoms with Crippen molar-refractivity contribution < 1.29 is 28.6 Å². The second kappa shape index (κ2) is 10.2. The fraction of sp³-hybridized carbons (Fsp3) is 0.188. The molecule has 2 atom stereocenters. The zero-order valence-corrected chi connectivity index (χ0v) is 21.4. The summed E-state index contributed by atoms with van der Waals surface area (Å²) in [5, 5.41) is 11.5. The van der Waals surface area contributed by atoms with Crippen LogP contribution in [0.3, 0.4) is 0 Å². The number of furan rings is 1. The average Bonchev–Trinajstić information content (AvgIpc) is 3.66. The quantitative estimate of drug-likeness (QED) is 0.188. The van der Waals surface area contributed by atoms with Gasteiger partial charge in [0, 0.05) is 12.0 Å². The SMILES string of the molecule is C[C@H]1Cc2cc(C(O)=C3C(=O)C(=O)N(Cc4ccco4)[C@@H]3c3cccc(OCc4ccccc4)c3)ccc2O1. The van der Waals surface area contributed by atoms with Crippen molar-refractivity contribution >= 4 is 17.4 Å². The summed E-state index contributed by atoms with van der Waals surface area (Å²) < 4.78 is 17.3. The maximum atomic E-state index is 13.4. The predicted octanol–water partition coefficient (Wildman–Crippen LogP) is 5.80. The zero-order chi connectivity index (χ0) is 26.9. The number of rotatable bonds is 7. The summed E-state index contributed by atoms with van der Waals surface area (Å²) in [7, 11) is 0. The maximum absolute atomic E-state index is 13.4. The summed E-state index contributed by atoms with van der Waals surface area (Å²) in [6.45, 7) is 2.42. The highest BCUT2D eigenvalue weighted by Crippen LogP contribution is 2.42. The molecule has 7 heteroatoms. The highest BCUT2D eigenvalue weighted by atomic mass is 16.5. The van der Waals surface area contributed by atoms with Crippen LogP contribution >= 0.6 is 0 Å². The van der Waals surface area contributed by atoms with Crippen molar-refractivity contribution in [3.63, 3.8) is 0 Å². The van der Waals surface area contributed by atoms with Crippen LogP contribution in [0.25, 0.3) is 5.76 Å². The van der Waals surface area contributed by atoms with Gasteiger partial charge in [0.1, 0.15) is 35.7 Å². The minimum atomic E-state index is -0.834. The molecule has 7 nitrogen and oxygen atoms in total. The lowest BCUT2D eigenvalue weighted by atomic mass is 9.94. The summed E-state index contributed by atoms with van der Waals surface area (Å²) in [5.74, 6) is 0.206. The highest BCUT2D eigenvalue weighted by Gasteiger charge is 2.46. The van der Waals surface area contributed by atoms with Gasteiger partial charge < -0.3 is 23.9 Å². The molecule has 39 heavy (non-hydrogen) atoms. The highest BCUT2D eigenvalue weighted by molar-refractivity contribution is 6.46. The molecule has 0 bridgehead atoms. The van der Waals surface area contributed by atoms with Gasteiger partial charge in [-0.25, -0.2) is 0 Å². The number of ketones is 1. The molecule has 0 saturated carbocycles. The minimum Gasteiger partial charge on any atom is -0.507 e. The van der Waals surface area contributed by atoms with E-state index >= 15 is 0 Å². The van der Waals surface area contributed by atoms with Gasteiger partial charge in [0.2, 0.25) is 0 Å². The summed E-state index contributed by atoms with van der Waals surface area (Å²) >= 11 is 0. The Bertz CT molecular complexity index is 1560. The topological polar surface area (TPSA) is 89.2 Å². The van der Waals surface area contributed by atoms with Crippen LogP contribution in [0.2, 0.25) is 0 Å². The van der Waals surface area contributed by atoms with Gasteiger partial charge in [-0.2, -0.15) is 0 Å². The van der Waals surface area contributed by atoms with E-state index in [0.29, 0.717) is 35.7 Å². The molecule has 0 unspecified atom stereocenters. The van der Waals surface area contributed by atoms with Crippen LogP contribution in [0.1, 0.15) is 41.0 Å². The van der Waals surface area contributed by atoms with Gasteiger partial charge in [-0.05, 0) is 66.1 Å². The number of benzene rings is 3. The number of likely N-dealkylation sites (tertiary alicyclic amines) is 1. The van der Waals surface area contributed by atoms with Crippen molar-refractivity contribution in [2.75, 3.05) is 0 Å². The van der Waals surface area contributed by atoms with Crippen molar-refractivity contribution in [3.05, 3.63) is 125 Å². The van der Waals surface area contributed by atoms with Crippen LogP contribution in [-0.2, 0) is 29.2 Å². The van der Waals surface area contributed by atoms with Crippen LogP contribution < -0.4 is 9.47 Å². The lowest BCUT2D eigenvalue weighted by Gasteiger charge is -2.25. The largest absolute Gasteiger partial charge is 0.507 e. The van der Waals surface area contributed by atoms with Crippen molar-refractivity contribution in [2.45, 2.75) is 38.6 Å². The summed E-state index contributed by atoms with van der Waals surface area (Å²) in [6.07, 6.45) is 2.26. The Morgan fingerprint density at radius 1 is 1.00 bits per heavy atom. The number of carbonyl (C=O) groups is 2. The Morgan fingerprint density at radius 3 is 2.64 bits per heavy atom. The van der Waals surface area contributed by atoms with E-state index in [9.17, 15) is 14.7 Å². The van der Waals surface area contributed by atoms with Crippen LogP contribution in [0.15, 0.2) is 101 Å². The molecule has 1 amide bonds. The molecular weight excluding hydrogens is 494 g/mol. The smallest absolute Gasteiger partial charge is 0.296 e. The second-order valence-corrected chi connectivity index (χ2v) is 9.81. The van der Waals surface area contributed by atoms with Gasteiger partial charge in [0.15, 0.2) is 0 Å². The number of Topliss-reactive ketones (excluding diaryl/α,β-unsaturated/α-hetero) is 1. The Kier molecular flexibility index (Phi) is 6.40. The van der Waals surface area contributed by atoms with Gasteiger partial charge in [-0.15, -0.1) is 0 Å². The number of hydrogen-bond acceptors (Lipinski definition) is 6. The third-order valence-electron chi connectivity index (χ3n) is 7.04. The van der Waals surface area contributed by atoms with Gasteiger partial charge in [0.05, 0.1) is 24.4 Å². The molecule has 4 aromatic rings. The van der Waals surface area contributed by atoms with Crippen LogP contribution in [0, 0.1) is 0 Å². The molecule has 2 aliphatic rings. The Morgan fingerprint density at radius 2 is 1.85 bits per heavy atom. The number of hydrogen-bond donors (Lipinski definition) is 1. The van der Waals surface area contributed by atoms with Gasteiger partial charge in [-0.3, -0.25) is 9.59 Å². The van der Waals surface area contributed by atoms with Crippen molar-refractivity contribution in [2.24, 2.45) is 0 Å². The number of amides is 1. The Labute approximate surface area is 225 Å². The first-order valence-corrected chi connectivity index (χ1v) is 12.9. The number of aliphatic hydroxyl groups is 1. The van der Waals surface area contributed by atoms with E-state index in [0.717, 1.165) is 16.9 Å². The first-order valence-electron chi connectivity index (χ1n) is 12.9. The van der Waals surface area contributed by atoms with E-state index in [1.807, 2.05) is 61.5 Å². The van der Waals surface area contributed by atoms with Crippen molar-refractivity contribution in [1.82, 2.24) is 4.90 Å². The lowest BCUT2D eigenvalue weighted by Crippen LogP contribution is -2.29. The van der Waals surface area contributed by atoms with Crippen LogP contribution in [0.4, 0.5) is 0 Å². The molecule has 1 saturated heterocycles. The van der Waals surface area contributed by atoms with Crippen molar-refractivity contribution in [1.29, 1.82) is 0 Å². The zero-order valence-electron chi connectivity index (χ0n) is 21.4. The third-order valence-corrected chi connectivity index (χ3v) is 7.04. The molecule has 3 heterocycles. The normalized spacial score (nSPS) is 19.7. The van der Waals surface area contributed by atoms with Crippen LogP contribution in [0.5, 0.6) is 11.5 Å². The van der Waals surface area contributed by atoms with E-state index in [1.54, 1.807) is 30.3 Å². The first kappa shape index (κ1) is 24.6. The number of fused-ring (bicyclic) bond motifs is 1. The molecule has 1 fully saturated rings. The Hall–Kier alpha value is -4.78. The van der Waals surface area contributed by atoms with Crippen molar-refractivity contribution in [3.8, 4) is 11.5 Å². The molecule has 0 spiro atoms. The predicted molar refractivity (Wildman–Crippen MR) is 144 cm³/mol.